The van der Waals surface area contributed by atoms with Crippen LogP contribution in [0.3, 0.4) is 0 Å². The number of hydrogen-bond donors (Lipinski definition) is 0. The van der Waals surface area contributed by atoms with Crippen molar-refractivity contribution in [3.05, 3.63) is 37.9 Å². The average Bonchev–Trinajstić information content (AvgIpc) is 2.49. The normalized spacial score (nSPS) is 18.6. The van der Waals surface area contributed by atoms with Crippen LogP contribution in [0.1, 0.15) is 23.2 Å². The molecule has 21 heavy (non-hydrogen) atoms. The zero-order valence-electron chi connectivity index (χ0n) is 11.3. The van der Waals surface area contributed by atoms with Gasteiger partial charge in [0.1, 0.15) is 0 Å². The highest BCUT2D eigenvalue weighted by atomic mass is 35.5. The number of hydrogen-bond acceptors (Lipinski definition) is 4. The predicted molar refractivity (Wildman–Crippen MR) is 79.1 cm³/mol. The topological polar surface area (TPSA) is 72.7 Å². The van der Waals surface area contributed by atoms with Crippen molar-refractivity contribution in [2.24, 2.45) is 0 Å². The molecule has 1 fully saturated rings. The SMILES string of the molecule is COC1CCCN(C(=O)c2cc([N+](=O)[O-])cc(Cl)c2Cl)C1. The van der Waals surface area contributed by atoms with Gasteiger partial charge in [-0.25, -0.2) is 0 Å². The molecule has 114 valence electrons. The average molecular weight is 333 g/mol. The number of nitrogens with zero attached hydrogens (tertiary/aromatic N) is 2. The highest BCUT2D eigenvalue weighted by molar-refractivity contribution is 6.44. The van der Waals surface area contributed by atoms with Gasteiger partial charge in [0.2, 0.25) is 0 Å². The zero-order valence-corrected chi connectivity index (χ0v) is 12.9. The summed E-state index contributed by atoms with van der Waals surface area (Å²) >= 11 is 11.9. The van der Waals surface area contributed by atoms with Gasteiger partial charge in [0, 0.05) is 32.3 Å². The van der Waals surface area contributed by atoms with Crippen molar-refractivity contribution in [1.82, 2.24) is 4.90 Å². The van der Waals surface area contributed by atoms with Crippen molar-refractivity contribution >= 4 is 34.8 Å². The van der Waals surface area contributed by atoms with Crippen LogP contribution in [0, 0.1) is 10.1 Å². The van der Waals surface area contributed by atoms with Gasteiger partial charge >= 0.3 is 0 Å². The summed E-state index contributed by atoms with van der Waals surface area (Å²) in [4.78, 5) is 24.4. The van der Waals surface area contributed by atoms with Crippen LogP contribution in [0.2, 0.25) is 10.0 Å². The van der Waals surface area contributed by atoms with Gasteiger partial charge in [-0.15, -0.1) is 0 Å². The van der Waals surface area contributed by atoms with E-state index in [0.29, 0.717) is 13.1 Å². The van der Waals surface area contributed by atoms with Crippen LogP contribution in [-0.2, 0) is 4.74 Å². The molecule has 0 spiro atoms. The third kappa shape index (κ3) is 3.45. The molecule has 1 saturated heterocycles. The Morgan fingerprint density at radius 3 is 2.81 bits per heavy atom. The Hall–Kier alpha value is -1.37. The monoisotopic (exact) mass is 332 g/mol. The quantitative estimate of drug-likeness (QED) is 0.629. The molecule has 1 aromatic rings. The minimum atomic E-state index is -0.604. The fourth-order valence-corrected chi connectivity index (χ4v) is 2.72. The van der Waals surface area contributed by atoms with Crippen LogP contribution in [0.5, 0.6) is 0 Å². The van der Waals surface area contributed by atoms with Crippen LogP contribution in [0.4, 0.5) is 5.69 Å². The summed E-state index contributed by atoms with van der Waals surface area (Å²) in [6.07, 6.45) is 1.66. The lowest BCUT2D eigenvalue weighted by molar-refractivity contribution is -0.384. The third-order valence-corrected chi connectivity index (χ3v) is 4.25. The summed E-state index contributed by atoms with van der Waals surface area (Å²) in [6.45, 7) is 1.00. The molecule has 0 aromatic heterocycles. The number of likely N-dealkylation sites (tertiary alicyclic amines) is 1. The van der Waals surface area contributed by atoms with E-state index < -0.39 is 4.92 Å². The summed E-state index contributed by atoms with van der Waals surface area (Å²) < 4.78 is 5.26. The summed E-state index contributed by atoms with van der Waals surface area (Å²) in [7, 11) is 1.59. The molecule has 1 heterocycles. The molecule has 0 radical (unpaired) electrons. The van der Waals surface area contributed by atoms with Crippen molar-refractivity contribution in [3.63, 3.8) is 0 Å². The fourth-order valence-electron chi connectivity index (χ4n) is 2.32. The predicted octanol–water partition coefficient (Wildman–Crippen LogP) is 3.15. The molecule has 1 amide bonds. The van der Waals surface area contributed by atoms with E-state index in [2.05, 4.69) is 0 Å². The number of rotatable bonds is 3. The molecule has 1 aliphatic rings. The molecule has 0 aliphatic carbocycles. The first-order valence-electron chi connectivity index (χ1n) is 6.39. The van der Waals surface area contributed by atoms with Crippen LogP contribution in [0.15, 0.2) is 12.1 Å². The van der Waals surface area contributed by atoms with Gasteiger partial charge in [0.05, 0.1) is 26.6 Å². The maximum absolute atomic E-state index is 12.5. The third-order valence-electron chi connectivity index (χ3n) is 3.45. The van der Waals surface area contributed by atoms with Crippen molar-refractivity contribution < 1.29 is 14.5 Å². The zero-order chi connectivity index (χ0) is 15.6. The Morgan fingerprint density at radius 1 is 1.48 bits per heavy atom. The Bertz CT molecular complexity index is 580. The van der Waals surface area contributed by atoms with Crippen molar-refractivity contribution in [1.29, 1.82) is 0 Å². The first-order valence-corrected chi connectivity index (χ1v) is 7.15. The lowest BCUT2D eigenvalue weighted by Gasteiger charge is -2.32. The number of benzene rings is 1. The fraction of sp³-hybridized carbons (Fsp3) is 0.462. The van der Waals surface area contributed by atoms with E-state index in [-0.39, 0.29) is 33.3 Å². The molecule has 0 saturated carbocycles. The number of ether oxygens (including phenoxy) is 1. The first kappa shape index (κ1) is 16.0. The molecule has 1 aliphatic heterocycles. The summed E-state index contributed by atoms with van der Waals surface area (Å²) in [5.74, 6) is -0.368. The molecule has 0 N–H and O–H groups in total. The van der Waals surface area contributed by atoms with Gasteiger partial charge in [-0.05, 0) is 12.8 Å². The van der Waals surface area contributed by atoms with Gasteiger partial charge in [0.15, 0.2) is 0 Å². The standard InChI is InChI=1S/C13H14Cl2N2O4/c1-21-9-3-2-4-16(7-9)13(18)10-5-8(17(19)20)6-11(14)12(10)15/h5-6,9H,2-4,7H2,1H3. The lowest BCUT2D eigenvalue weighted by Crippen LogP contribution is -2.43. The second-order valence-electron chi connectivity index (χ2n) is 4.80. The minimum Gasteiger partial charge on any atom is -0.380 e. The van der Waals surface area contributed by atoms with E-state index in [1.807, 2.05) is 0 Å². The molecular weight excluding hydrogens is 319 g/mol. The highest BCUT2D eigenvalue weighted by Crippen LogP contribution is 2.32. The number of nitro benzene ring substituents is 1. The number of amides is 1. The number of non-ortho nitro benzene ring substituents is 1. The van der Waals surface area contributed by atoms with Crippen molar-refractivity contribution in [3.8, 4) is 0 Å². The summed E-state index contributed by atoms with van der Waals surface area (Å²) in [6, 6.07) is 2.29. The van der Waals surface area contributed by atoms with Gasteiger partial charge < -0.3 is 9.64 Å². The highest BCUT2D eigenvalue weighted by Gasteiger charge is 2.27. The maximum atomic E-state index is 12.5. The van der Waals surface area contributed by atoms with Crippen LogP contribution in [0.25, 0.3) is 0 Å². The Labute approximate surface area is 131 Å². The van der Waals surface area contributed by atoms with E-state index in [9.17, 15) is 14.9 Å². The number of piperidine rings is 1. The number of carbonyl (C=O) groups excluding carboxylic acids is 1. The van der Waals surface area contributed by atoms with E-state index in [1.165, 1.54) is 0 Å². The molecule has 1 unspecified atom stereocenters. The Balaban J connectivity index is 2.32. The van der Waals surface area contributed by atoms with Gasteiger partial charge in [-0.1, -0.05) is 23.2 Å². The lowest BCUT2D eigenvalue weighted by atomic mass is 10.1. The van der Waals surface area contributed by atoms with E-state index in [0.717, 1.165) is 25.0 Å². The number of carbonyl (C=O) groups is 1. The number of halogens is 2. The molecular formula is C13H14Cl2N2O4. The van der Waals surface area contributed by atoms with Crippen LogP contribution < -0.4 is 0 Å². The Kier molecular flexibility index (Phi) is 5.03. The van der Waals surface area contributed by atoms with Gasteiger partial charge in [-0.2, -0.15) is 0 Å². The van der Waals surface area contributed by atoms with E-state index >= 15 is 0 Å². The summed E-state index contributed by atoms with van der Waals surface area (Å²) in [5.41, 5.74) is -0.208. The molecule has 1 aromatic carbocycles. The second kappa shape index (κ2) is 6.60. The molecule has 8 heteroatoms. The number of nitro groups is 1. The largest absolute Gasteiger partial charge is 0.380 e. The van der Waals surface area contributed by atoms with Gasteiger partial charge in [-0.3, -0.25) is 14.9 Å². The van der Waals surface area contributed by atoms with Crippen molar-refractivity contribution in [2.75, 3.05) is 20.2 Å². The van der Waals surface area contributed by atoms with Gasteiger partial charge in [0.25, 0.3) is 11.6 Å². The maximum Gasteiger partial charge on any atom is 0.271 e. The molecule has 2 rings (SSSR count). The molecule has 6 nitrogen and oxygen atoms in total. The molecule has 0 bridgehead atoms. The van der Waals surface area contributed by atoms with Crippen molar-refractivity contribution in [2.45, 2.75) is 18.9 Å². The number of methoxy groups -OCH3 is 1. The summed E-state index contributed by atoms with van der Waals surface area (Å²) in [5, 5.41) is 10.9. The second-order valence-corrected chi connectivity index (χ2v) is 5.58. The Morgan fingerprint density at radius 2 is 2.19 bits per heavy atom. The van der Waals surface area contributed by atoms with E-state index in [4.69, 9.17) is 27.9 Å². The first-order chi connectivity index (χ1) is 9.93. The smallest absolute Gasteiger partial charge is 0.271 e. The molecule has 1 atom stereocenters. The van der Waals surface area contributed by atoms with Crippen LogP contribution in [-0.4, -0.2) is 42.0 Å². The minimum absolute atomic E-state index is 0.00508. The van der Waals surface area contributed by atoms with E-state index in [1.54, 1.807) is 12.0 Å². The van der Waals surface area contributed by atoms with Crippen LogP contribution >= 0.6 is 23.2 Å².